The van der Waals surface area contributed by atoms with Gasteiger partial charge < -0.3 is 8.84 Å². The number of unbranched alkanes of at least 4 members (excludes halogenated alkanes) is 3. The monoisotopic (exact) mass is 499 g/mol. The van der Waals surface area contributed by atoms with Crippen LogP contribution in [0.25, 0.3) is 0 Å². The summed E-state index contributed by atoms with van der Waals surface area (Å²) in [7, 11) is -1.86. The van der Waals surface area contributed by atoms with Crippen LogP contribution in [-0.4, -0.2) is 13.3 Å². The highest BCUT2D eigenvalue weighted by Crippen LogP contribution is 2.40. The lowest BCUT2D eigenvalue weighted by Crippen LogP contribution is -2.41. The fourth-order valence-corrected chi connectivity index (χ4v) is 4.49. The Kier molecular flexibility index (Phi) is 8.56. The Morgan fingerprint density at radius 3 is 2.33 bits per heavy atom. The van der Waals surface area contributed by atoms with Crippen LogP contribution in [0.4, 0.5) is 0 Å². The van der Waals surface area contributed by atoms with Crippen LogP contribution in [0, 0.1) is 3.70 Å². The molecule has 2 rings (SSSR count). The summed E-state index contributed by atoms with van der Waals surface area (Å²) in [5.74, 6) is 0.744. The van der Waals surface area contributed by atoms with E-state index in [1.54, 1.807) is 6.26 Å². The zero-order valence-corrected chi connectivity index (χ0v) is 20.6. The molecule has 3 nitrogen and oxygen atoms in total. The summed E-state index contributed by atoms with van der Waals surface area (Å²) in [5.41, 5.74) is 1.44. The fraction of sp³-hybridized carbons (Fsp3) is 0.591. The molecule has 27 heavy (non-hydrogen) atoms. The highest BCUT2D eigenvalue weighted by molar-refractivity contribution is 14.1. The number of oxazole rings is 1. The molecule has 0 aliphatic heterocycles. The first-order valence-corrected chi connectivity index (χ1v) is 14.0. The molecular weight excluding hydrogens is 465 g/mol. The van der Waals surface area contributed by atoms with Gasteiger partial charge in [0, 0.05) is 0 Å². The maximum Gasteiger partial charge on any atom is 0.222 e. The van der Waals surface area contributed by atoms with E-state index in [-0.39, 0.29) is 11.1 Å². The highest BCUT2D eigenvalue weighted by atomic mass is 127. The Hall–Kier alpha value is -0.663. The molecule has 0 saturated heterocycles. The number of hydrogen-bond donors (Lipinski definition) is 0. The lowest BCUT2D eigenvalue weighted by molar-refractivity contribution is 0.138. The van der Waals surface area contributed by atoms with Gasteiger partial charge in [0.15, 0.2) is 8.32 Å². The van der Waals surface area contributed by atoms with E-state index in [1.165, 1.54) is 31.2 Å². The molecule has 0 saturated carbocycles. The molecule has 1 aromatic heterocycles. The van der Waals surface area contributed by atoms with Crippen molar-refractivity contribution in [2.75, 3.05) is 0 Å². The molecular formula is C22H34INO2Si. The van der Waals surface area contributed by atoms with Gasteiger partial charge in [-0.2, -0.15) is 0 Å². The number of nitrogens with zero attached hydrogens (tertiary/aromatic N) is 1. The van der Waals surface area contributed by atoms with Crippen LogP contribution >= 0.6 is 22.6 Å². The molecule has 5 heteroatoms. The van der Waals surface area contributed by atoms with Gasteiger partial charge in [-0.05, 0) is 65.5 Å². The van der Waals surface area contributed by atoms with E-state index in [4.69, 9.17) is 8.84 Å². The van der Waals surface area contributed by atoms with Crippen LogP contribution in [0.2, 0.25) is 18.1 Å². The quantitative estimate of drug-likeness (QED) is 0.193. The second-order valence-corrected chi connectivity index (χ2v) is 14.7. The van der Waals surface area contributed by atoms with Crippen molar-refractivity contribution in [1.29, 1.82) is 0 Å². The molecule has 1 heterocycles. The van der Waals surface area contributed by atoms with Crippen molar-refractivity contribution in [3.63, 3.8) is 0 Å². The van der Waals surface area contributed by atoms with Gasteiger partial charge in [-0.1, -0.05) is 70.4 Å². The Morgan fingerprint density at radius 2 is 1.74 bits per heavy atom. The molecule has 0 N–H and O–H groups in total. The first-order valence-electron chi connectivity index (χ1n) is 10.0. The van der Waals surface area contributed by atoms with Crippen LogP contribution in [-0.2, 0) is 10.8 Å². The molecule has 0 spiro atoms. The third kappa shape index (κ3) is 7.35. The zero-order valence-electron chi connectivity index (χ0n) is 17.4. The molecule has 1 unspecified atom stereocenters. The molecule has 1 aromatic carbocycles. The summed E-state index contributed by atoms with van der Waals surface area (Å²) in [6, 6.07) is 10.8. The Balaban J connectivity index is 1.83. The van der Waals surface area contributed by atoms with E-state index in [9.17, 15) is 0 Å². The van der Waals surface area contributed by atoms with Crippen molar-refractivity contribution in [2.24, 2.45) is 0 Å². The minimum Gasteiger partial charge on any atom is -0.445 e. The number of halogens is 1. The summed E-state index contributed by atoms with van der Waals surface area (Å²) in [6.45, 7) is 11.4. The number of aryl methyl sites for hydroxylation is 1. The van der Waals surface area contributed by atoms with Gasteiger partial charge in [0.05, 0.1) is 0 Å². The topological polar surface area (TPSA) is 35.3 Å². The normalized spacial score (nSPS) is 13.7. The van der Waals surface area contributed by atoms with Crippen molar-refractivity contribution in [3.8, 4) is 0 Å². The second kappa shape index (κ2) is 10.2. The average molecular weight is 500 g/mol. The van der Waals surface area contributed by atoms with E-state index in [0.717, 1.165) is 22.4 Å². The lowest BCUT2D eigenvalue weighted by Gasteiger charge is -2.38. The van der Waals surface area contributed by atoms with Crippen molar-refractivity contribution in [2.45, 2.75) is 83.5 Å². The summed E-state index contributed by atoms with van der Waals surface area (Å²) < 4.78 is 13.3. The second-order valence-electron chi connectivity index (χ2n) is 8.81. The van der Waals surface area contributed by atoms with Gasteiger partial charge in [0.25, 0.3) is 0 Å². The largest absolute Gasteiger partial charge is 0.445 e. The number of aromatic nitrogens is 1. The average Bonchev–Trinajstić information content (AvgIpc) is 3.03. The number of hydrogen-bond acceptors (Lipinski definition) is 3. The molecule has 0 aliphatic rings. The summed E-state index contributed by atoms with van der Waals surface area (Å²) in [5, 5.41) is 0.181. The predicted octanol–water partition coefficient (Wildman–Crippen LogP) is 7.54. The summed E-state index contributed by atoms with van der Waals surface area (Å²) in [6.07, 6.45) is 8.71. The van der Waals surface area contributed by atoms with Gasteiger partial charge >= 0.3 is 0 Å². The van der Waals surface area contributed by atoms with E-state index in [0.29, 0.717) is 0 Å². The molecule has 0 radical (unpaired) electrons. The predicted molar refractivity (Wildman–Crippen MR) is 123 cm³/mol. The van der Waals surface area contributed by atoms with Gasteiger partial charge in [-0.15, -0.1) is 0 Å². The minimum atomic E-state index is -1.86. The maximum absolute atomic E-state index is 6.66. The van der Waals surface area contributed by atoms with E-state index in [2.05, 4.69) is 91.8 Å². The fourth-order valence-electron chi connectivity index (χ4n) is 2.84. The summed E-state index contributed by atoms with van der Waals surface area (Å²) >= 11 is 2.20. The zero-order chi connectivity index (χ0) is 19.9. The lowest BCUT2D eigenvalue weighted by atomic mass is 10.0. The molecule has 0 bridgehead atoms. The SMILES string of the molecule is CC(C)(C)[Si](C)(C)OC(CCCCCCc1ccccc1)c1nc(I)co1. The van der Waals surface area contributed by atoms with Crippen molar-refractivity contribution < 1.29 is 8.84 Å². The van der Waals surface area contributed by atoms with Crippen LogP contribution in [0.3, 0.4) is 0 Å². The van der Waals surface area contributed by atoms with Crippen molar-refractivity contribution in [3.05, 3.63) is 51.7 Å². The smallest absolute Gasteiger partial charge is 0.222 e. The Labute approximate surface area is 179 Å². The Morgan fingerprint density at radius 1 is 1.07 bits per heavy atom. The van der Waals surface area contributed by atoms with Gasteiger partial charge in [0.1, 0.15) is 16.1 Å². The first kappa shape index (κ1) is 22.6. The third-order valence-electron chi connectivity index (χ3n) is 5.54. The first-order chi connectivity index (χ1) is 12.7. The van der Waals surface area contributed by atoms with Crippen LogP contribution in [0.15, 0.2) is 41.0 Å². The van der Waals surface area contributed by atoms with E-state index < -0.39 is 8.32 Å². The van der Waals surface area contributed by atoms with Crippen LogP contribution < -0.4 is 0 Å². The van der Waals surface area contributed by atoms with E-state index in [1.807, 2.05) is 0 Å². The van der Waals surface area contributed by atoms with Crippen LogP contribution in [0.5, 0.6) is 0 Å². The highest BCUT2D eigenvalue weighted by Gasteiger charge is 2.40. The number of benzene rings is 1. The molecule has 0 fully saturated rings. The van der Waals surface area contributed by atoms with E-state index >= 15 is 0 Å². The molecule has 1 atom stereocenters. The molecule has 150 valence electrons. The standard InChI is InChI=1S/C22H34INO2Si/c1-22(2,3)27(4,5)26-19(21-24-20(23)17-25-21)16-12-7-6-9-13-18-14-10-8-11-15-18/h8,10-11,14-15,17,19H,6-7,9,12-13,16H2,1-5H3. The van der Waals surface area contributed by atoms with Crippen LogP contribution in [0.1, 0.15) is 70.4 Å². The summed E-state index contributed by atoms with van der Waals surface area (Å²) in [4.78, 5) is 4.55. The molecule has 0 amide bonds. The maximum atomic E-state index is 6.66. The molecule has 0 aliphatic carbocycles. The van der Waals surface area contributed by atoms with Gasteiger partial charge in [-0.3, -0.25) is 0 Å². The number of rotatable bonds is 10. The molecule has 2 aromatic rings. The van der Waals surface area contributed by atoms with Gasteiger partial charge in [0.2, 0.25) is 5.89 Å². The minimum absolute atomic E-state index is 0.0245. The van der Waals surface area contributed by atoms with Crippen molar-refractivity contribution >= 4 is 30.9 Å². The van der Waals surface area contributed by atoms with Gasteiger partial charge in [-0.25, -0.2) is 4.98 Å². The van der Waals surface area contributed by atoms with Crippen molar-refractivity contribution in [1.82, 2.24) is 4.98 Å². The Bertz CT molecular complexity index is 679. The third-order valence-corrected chi connectivity index (χ3v) is 10.5.